The Morgan fingerprint density at radius 1 is 1.00 bits per heavy atom. The van der Waals surface area contributed by atoms with Crippen LogP contribution in [-0.4, -0.2) is 11.2 Å². The molecular formula is C29H48O. The van der Waals surface area contributed by atoms with Crippen molar-refractivity contribution in [3.63, 3.8) is 0 Å². The van der Waals surface area contributed by atoms with E-state index in [2.05, 4.69) is 48.1 Å². The van der Waals surface area contributed by atoms with Crippen LogP contribution in [0.5, 0.6) is 0 Å². The van der Waals surface area contributed by atoms with Crippen LogP contribution in [0.1, 0.15) is 112 Å². The molecule has 0 aromatic carbocycles. The van der Waals surface area contributed by atoms with Gasteiger partial charge < -0.3 is 5.11 Å². The summed E-state index contributed by atoms with van der Waals surface area (Å²) in [5, 5.41) is 10.3. The first kappa shape index (κ1) is 22.6. The molecule has 0 aromatic heterocycles. The van der Waals surface area contributed by atoms with Crippen LogP contribution in [0.4, 0.5) is 0 Å². The molecule has 2 saturated carbocycles. The van der Waals surface area contributed by atoms with Gasteiger partial charge in [-0.25, -0.2) is 0 Å². The van der Waals surface area contributed by atoms with E-state index in [0.29, 0.717) is 28.1 Å². The minimum atomic E-state index is -0.0491. The lowest BCUT2D eigenvalue weighted by molar-refractivity contribution is -0.00485. The van der Waals surface area contributed by atoms with E-state index in [9.17, 15) is 5.11 Å². The van der Waals surface area contributed by atoms with Crippen LogP contribution in [-0.2, 0) is 0 Å². The molecule has 0 saturated heterocycles. The van der Waals surface area contributed by atoms with Gasteiger partial charge in [-0.2, -0.15) is 0 Å². The normalized spacial score (nSPS) is 44.5. The van der Waals surface area contributed by atoms with E-state index in [-0.39, 0.29) is 6.10 Å². The van der Waals surface area contributed by atoms with Crippen molar-refractivity contribution in [3.8, 4) is 0 Å². The molecule has 0 aromatic rings. The molecule has 1 heteroatoms. The lowest BCUT2D eigenvalue weighted by atomic mass is 9.46. The summed E-state index contributed by atoms with van der Waals surface area (Å²) in [5.74, 6) is 2.99. The van der Waals surface area contributed by atoms with Gasteiger partial charge in [0.15, 0.2) is 0 Å². The van der Waals surface area contributed by atoms with Crippen molar-refractivity contribution in [1.29, 1.82) is 0 Å². The fourth-order valence-corrected chi connectivity index (χ4v) is 8.68. The van der Waals surface area contributed by atoms with Crippen LogP contribution in [0.25, 0.3) is 0 Å². The maximum atomic E-state index is 10.3. The predicted octanol–water partition coefficient (Wildman–Crippen LogP) is 8.09. The molecule has 0 aliphatic heterocycles. The van der Waals surface area contributed by atoms with Crippen LogP contribution in [0.3, 0.4) is 0 Å². The van der Waals surface area contributed by atoms with E-state index >= 15 is 0 Å². The number of rotatable bonds is 5. The van der Waals surface area contributed by atoms with E-state index < -0.39 is 0 Å². The zero-order chi connectivity index (χ0) is 21.9. The molecule has 0 spiro atoms. The van der Waals surface area contributed by atoms with Crippen LogP contribution >= 0.6 is 0 Å². The van der Waals surface area contributed by atoms with Crippen molar-refractivity contribution < 1.29 is 5.11 Å². The summed E-state index contributed by atoms with van der Waals surface area (Å²) in [6, 6.07) is 0. The molecule has 1 N–H and O–H groups in total. The maximum absolute atomic E-state index is 10.3. The van der Waals surface area contributed by atoms with Gasteiger partial charge in [-0.3, -0.25) is 0 Å². The molecule has 0 radical (unpaired) electrons. The third-order valence-electron chi connectivity index (χ3n) is 11.3. The number of hydrogen-bond acceptors (Lipinski definition) is 1. The number of aliphatic hydroxyl groups is 1. The van der Waals surface area contributed by atoms with E-state index in [1.165, 1.54) is 63.4 Å². The fourth-order valence-electron chi connectivity index (χ4n) is 8.68. The molecule has 0 bridgehead atoms. The average molecular weight is 413 g/mol. The Morgan fingerprint density at radius 3 is 2.43 bits per heavy atom. The largest absolute Gasteiger partial charge is 0.393 e. The van der Waals surface area contributed by atoms with Crippen molar-refractivity contribution in [3.05, 3.63) is 23.3 Å². The Hall–Kier alpha value is -0.560. The first-order valence-electron chi connectivity index (χ1n) is 13.1. The van der Waals surface area contributed by atoms with Gasteiger partial charge in [-0.1, -0.05) is 64.8 Å². The summed E-state index contributed by atoms with van der Waals surface area (Å²) >= 11 is 0. The lowest BCUT2D eigenvalue weighted by Gasteiger charge is -2.59. The van der Waals surface area contributed by atoms with E-state index in [1.807, 2.05) is 11.1 Å². The van der Waals surface area contributed by atoms with E-state index in [4.69, 9.17) is 0 Å². The molecule has 4 aliphatic rings. The summed E-state index contributed by atoms with van der Waals surface area (Å²) in [6.07, 6.45) is 13.9. The lowest BCUT2D eigenvalue weighted by Crippen LogP contribution is -2.49. The van der Waals surface area contributed by atoms with Gasteiger partial charge >= 0.3 is 0 Å². The fraction of sp³-hybridized carbons (Fsp3) is 0.862. The highest BCUT2D eigenvalue weighted by atomic mass is 16.3. The molecule has 4 aliphatic carbocycles. The molecular weight excluding hydrogens is 364 g/mol. The Bertz CT molecular complexity index is 716. The van der Waals surface area contributed by atoms with Crippen molar-refractivity contribution in [2.45, 2.75) is 118 Å². The quantitative estimate of drug-likeness (QED) is 0.452. The first-order chi connectivity index (χ1) is 14.0. The second-order valence-corrected chi connectivity index (χ2v) is 12.8. The molecule has 7 atom stereocenters. The monoisotopic (exact) mass is 412 g/mol. The first-order valence-corrected chi connectivity index (χ1v) is 13.1. The van der Waals surface area contributed by atoms with Crippen molar-refractivity contribution in [2.24, 2.45) is 39.9 Å². The number of aliphatic hydroxyl groups excluding tert-OH is 1. The van der Waals surface area contributed by atoms with Crippen molar-refractivity contribution in [2.75, 3.05) is 0 Å². The minimum Gasteiger partial charge on any atom is -0.393 e. The molecule has 4 rings (SSSR count). The van der Waals surface area contributed by atoms with Gasteiger partial charge in [0.05, 0.1) is 6.10 Å². The summed E-state index contributed by atoms with van der Waals surface area (Å²) in [7, 11) is 0. The van der Waals surface area contributed by atoms with Crippen molar-refractivity contribution in [1.82, 2.24) is 0 Å². The Morgan fingerprint density at radius 2 is 1.73 bits per heavy atom. The number of allylic oxidation sites excluding steroid dienone is 3. The molecule has 170 valence electrons. The van der Waals surface area contributed by atoms with E-state index in [0.717, 1.165) is 24.7 Å². The third kappa shape index (κ3) is 3.28. The summed E-state index contributed by atoms with van der Waals surface area (Å²) in [5.41, 5.74) is 6.41. The highest BCUT2D eigenvalue weighted by Gasteiger charge is 2.61. The van der Waals surface area contributed by atoms with Gasteiger partial charge in [0.1, 0.15) is 0 Å². The highest BCUT2D eigenvalue weighted by Crippen LogP contribution is 2.71. The zero-order valence-corrected chi connectivity index (χ0v) is 20.8. The Kier molecular flexibility index (Phi) is 5.87. The second kappa shape index (κ2) is 7.79. The van der Waals surface area contributed by atoms with Gasteiger partial charge in [0, 0.05) is 0 Å². The standard InChI is InChI=1S/C29H48O/c1-19(2)20(3)8-9-21(4)24-13-16-29(7)26-11-10-22-18-23(30)12-15-27(22,5)25(26)14-17-28(24,29)6/h19,21-24,30H,3,8-18H2,1-2,4-7H3/t21-,22-,23+,24-,27+,28-,29+/m1/s1. The SMILES string of the molecule is C=C(CC[C@@H](C)[C@H]1CC[C@@]2(C)C3=C(CC[C@]12C)[C@@]1(C)CC[C@H](O)C[C@H]1CC3)C(C)C. The molecule has 30 heavy (non-hydrogen) atoms. The molecule has 1 nitrogen and oxygen atoms in total. The Balaban J connectivity index is 1.59. The van der Waals surface area contributed by atoms with Gasteiger partial charge in [-0.05, 0) is 111 Å². The summed E-state index contributed by atoms with van der Waals surface area (Å²) in [6.45, 7) is 19.4. The van der Waals surface area contributed by atoms with Crippen LogP contribution in [0, 0.1) is 39.9 Å². The van der Waals surface area contributed by atoms with Gasteiger partial charge in [0.25, 0.3) is 0 Å². The smallest absolute Gasteiger partial charge is 0.0543 e. The number of hydrogen-bond donors (Lipinski definition) is 1. The average Bonchev–Trinajstić information content (AvgIpc) is 2.97. The van der Waals surface area contributed by atoms with E-state index in [1.54, 1.807) is 0 Å². The Labute approximate surface area is 186 Å². The minimum absolute atomic E-state index is 0.0491. The highest BCUT2D eigenvalue weighted by molar-refractivity contribution is 5.38. The topological polar surface area (TPSA) is 20.2 Å². The second-order valence-electron chi connectivity index (χ2n) is 12.8. The van der Waals surface area contributed by atoms with Crippen molar-refractivity contribution >= 4 is 0 Å². The van der Waals surface area contributed by atoms with Gasteiger partial charge in [0.2, 0.25) is 0 Å². The predicted molar refractivity (Wildman–Crippen MR) is 128 cm³/mol. The number of fused-ring (bicyclic) bond motifs is 4. The van der Waals surface area contributed by atoms with Crippen LogP contribution in [0.15, 0.2) is 23.3 Å². The zero-order valence-electron chi connectivity index (χ0n) is 20.8. The summed E-state index contributed by atoms with van der Waals surface area (Å²) in [4.78, 5) is 0. The van der Waals surface area contributed by atoms with Crippen LogP contribution < -0.4 is 0 Å². The third-order valence-corrected chi connectivity index (χ3v) is 11.3. The molecule has 2 fully saturated rings. The summed E-state index contributed by atoms with van der Waals surface area (Å²) < 4.78 is 0. The maximum Gasteiger partial charge on any atom is 0.0543 e. The molecule has 0 amide bonds. The van der Waals surface area contributed by atoms with Crippen LogP contribution in [0.2, 0.25) is 0 Å². The molecule has 0 heterocycles. The molecule has 0 unspecified atom stereocenters. The van der Waals surface area contributed by atoms with Gasteiger partial charge in [-0.15, -0.1) is 0 Å².